The van der Waals surface area contributed by atoms with E-state index in [1.54, 1.807) is 0 Å². The van der Waals surface area contributed by atoms with Crippen molar-refractivity contribution in [2.75, 3.05) is 32.1 Å². The number of benzene rings is 2. The summed E-state index contributed by atoms with van der Waals surface area (Å²) >= 11 is 0. The maximum absolute atomic E-state index is 12.5. The molecule has 0 spiro atoms. The predicted molar refractivity (Wildman–Crippen MR) is 105 cm³/mol. The van der Waals surface area contributed by atoms with Gasteiger partial charge >= 0.3 is 5.97 Å². The van der Waals surface area contributed by atoms with Crippen molar-refractivity contribution in [1.29, 1.82) is 0 Å². The number of ether oxygens (including phenoxy) is 1. The van der Waals surface area contributed by atoms with Gasteiger partial charge in [-0.15, -0.1) is 0 Å². The van der Waals surface area contributed by atoms with Crippen LogP contribution in [0.5, 0.6) is 0 Å². The molecule has 28 heavy (non-hydrogen) atoms. The Hall–Kier alpha value is -3.19. The number of piperazine rings is 1. The van der Waals surface area contributed by atoms with Crippen LogP contribution in [0.2, 0.25) is 0 Å². The van der Waals surface area contributed by atoms with Gasteiger partial charge in [-0.1, -0.05) is 42.5 Å². The molecule has 1 fully saturated rings. The molecule has 1 heterocycles. The van der Waals surface area contributed by atoms with Crippen LogP contribution in [0.15, 0.2) is 54.6 Å². The average molecular weight is 382 g/mol. The standard InChI is InChI=1S/C21H23N3O4/c1-28-20(26)13-18-21(27)22-11-12-24(18)14-19(25)23-17-9-7-16(8-10-17)15-5-3-2-4-6-15/h2-10,18H,11-14H2,1H3,(H,22,27)(H,23,25)/p+1/t18-/m1/s1. The Morgan fingerprint density at radius 3 is 2.46 bits per heavy atom. The SMILES string of the molecule is COC(=O)C[C@@H]1C(=O)NCC[NH+]1CC(=O)Nc1ccc(-c2ccccc2)cc1. The lowest BCUT2D eigenvalue weighted by atomic mass is 10.1. The Morgan fingerprint density at radius 1 is 1.11 bits per heavy atom. The van der Waals surface area contributed by atoms with Gasteiger partial charge < -0.3 is 20.3 Å². The second kappa shape index (κ2) is 9.14. The topological polar surface area (TPSA) is 88.9 Å². The molecule has 7 nitrogen and oxygen atoms in total. The summed E-state index contributed by atoms with van der Waals surface area (Å²) in [7, 11) is 1.29. The third-order valence-electron chi connectivity index (χ3n) is 4.82. The predicted octanol–water partition coefficient (Wildman–Crippen LogP) is 0.239. The maximum atomic E-state index is 12.5. The minimum atomic E-state index is -0.618. The lowest BCUT2D eigenvalue weighted by Gasteiger charge is -2.30. The number of hydrogen-bond donors (Lipinski definition) is 3. The normalized spacial score (nSPS) is 18.8. The van der Waals surface area contributed by atoms with Crippen molar-refractivity contribution < 1.29 is 24.0 Å². The molecule has 0 radical (unpaired) electrons. The molecule has 1 unspecified atom stereocenters. The Morgan fingerprint density at radius 2 is 1.79 bits per heavy atom. The van der Waals surface area contributed by atoms with E-state index in [-0.39, 0.29) is 24.8 Å². The number of hydrogen-bond acceptors (Lipinski definition) is 4. The summed E-state index contributed by atoms with van der Waals surface area (Å²) in [6.45, 7) is 1.16. The van der Waals surface area contributed by atoms with Crippen LogP contribution in [0.1, 0.15) is 6.42 Å². The van der Waals surface area contributed by atoms with E-state index >= 15 is 0 Å². The van der Waals surface area contributed by atoms with Gasteiger partial charge in [-0.25, -0.2) is 0 Å². The minimum absolute atomic E-state index is 0.0449. The molecule has 7 heteroatoms. The molecule has 0 bridgehead atoms. The number of quaternary nitrogens is 1. The van der Waals surface area contributed by atoms with Gasteiger partial charge in [0.25, 0.3) is 11.8 Å². The monoisotopic (exact) mass is 382 g/mol. The first-order chi connectivity index (χ1) is 13.6. The molecule has 2 atom stereocenters. The first-order valence-corrected chi connectivity index (χ1v) is 9.21. The van der Waals surface area contributed by atoms with E-state index in [1.807, 2.05) is 54.6 Å². The molecule has 1 saturated heterocycles. The van der Waals surface area contributed by atoms with Gasteiger partial charge in [0, 0.05) is 5.69 Å². The van der Waals surface area contributed by atoms with Crippen molar-refractivity contribution in [2.45, 2.75) is 12.5 Å². The van der Waals surface area contributed by atoms with E-state index < -0.39 is 12.0 Å². The molecule has 2 aromatic rings. The summed E-state index contributed by atoms with van der Waals surface area (Å²) in [6, 6.07) is 17.0. The highest BCUT2D eigenvalue weighted by atomic mass is 16.5. The number of carbonyl (C=O) groups excluding carboxylic acids is 3. The number of anilines is 1. The molecule has 1 aliphatic heterocycles. The fourth-order valence-electron chi connectivity index (χ4n) is 3.32. The van der Waals surface area contributed by atoms with E-state index in [2.05, 4.69) is 15.4 Å². The second-order valence-electron chi connectivity index (χ2n) is 6.70. The van der Waals surface area contributed by atoms with Crippen LogP contribution in [-0.4, -0.2) is 50.6 Å². The number of amides is 2. The third-order valence-corrected chi connectivity index (χ3v) is 4.82. The fraction of sp³-hybridized carbons (Fsp3) is 0.286. The molecule has 2 aromatic carbocycles. The van der Waals surface area contributed by atoms with Crippen molar-refractivity contribution in [3.8, 4) is 11.1 Å². The quantitative estimate of drug-likeness (QED) is 0.625. The molecule has 0 saturated carbocycles. The molecule has 1 aliphatic rings. The van der Waals surface area contributed by atoms with E-state index in [0.717, 1.165) is 16.0 Å². The average Bonchev–Trinajstić information content (AvgIpc) is 2.71. The van der Waals surface area contributed by atoms with E-state index in [9.17, 15) is 14.4 Å². The lowest BCUT2D eigenvalue weighted by Crippen LogP contribution is -3.20. The zero-order valence-electron chi connectivity index (χ0n) is 15.7. The number of carbonyl (C=O) groups is 3. The summed E-state index contributed by atoms with van der Waals surface area (Å²) in [6.07, 6.45) is -0.0449. The fourth-order valence-corrected chi connectivity index (χ4v) is 3.32. The summed E-state index contributed by atoms with van der Waals surface area (Å²) in [5, 5.41) is 5.60. The van der Waals surface area contributed by atoms with Crippen LogP contribution in [0.25, 0.3) is 11.1 Å². The van der Waals surface area contributed by atoms with Crippen molar-refractivity contribution >= 4 is 23.5 Å². The summed E-state index contributed by atoms with van der Waals surface area (Å²) in [5.74, 6) is -0.893. The van der Waals surface area contributed by atoms with Crippen molar-refractivity contribution in [2.24, 2.45) is 0 Å². The largest absolute Gasteiger partial charge is 0.469 e. The van der Waals surface area contributed by atoms with Crippen LogP contribution in [0, 0.1) is 0 Å². The Kier molecular flexibility index (Phi) is 6.39. The molecule has 2 amide bonds. The first-order valence-electron chi connectivity index (χ1n) is 9.21. The van der Waals surface area contributed by atoms with Gasteiger partial charge in [-0.05, 0) is 23.3 Å². The lowest BCUT2D eigenvalue weighted by molar-refractivity contribution is -0.909. The van der Waals surface area contributed by atoms with Crippen molar-refractivity contribution in [1.82, 2.24) is 5.32 Å². The van der Waals surface area contributed by atoms with Gasteiger partial charge in [0.05, 0.1) is 20.2 Å². The summed E-state index contributed by atoms with van der Waals surface area (Å²) < 4.78 is 4.67. The van der Waals surface area contributed by atoms with Crippen LogP contribution in [-0.2, 0) is 19.1 Å². The molecule has 146 valence electrons. The molecule has 0 aliphatic carbocycles. The first kappa shape index (κ1) is 19.6. The second-order valence-corrected chi connectivity index (χ2v) is 6.70. The molecular formula is C21H24N3O4+. The number of rotatable bonds is 6. The highest BCUT2D eigenvalue weighted by molar-refractivity contribution is 5.92. The minimum Gasteiger partial charge on any atom is -0.469 e. The van der Waals surface area contributed by atoms with E-state index in [1.165, 1.54) is 7.11 Å². The molecule has 0 aromatic heterocycles. The van der Waals surface area contributed by atoms with E-state index in [0.29, 0.717) is 18.8 Å². The van der Waals surface area contributed by atoms with Gasteiger partial charge in [0.15, 0.2) is 12.6 Å². The van der Waals surface area contributed by atoms with Gasteiger partial charge in [-0.2, -0.15) is 0 Å². The number of nitrogens with one attached hydrogen (secondary N) is 3. The van der Waals surface area contributed by atoms with Crippen LogP contribution >= 0.6 is 0 Å². The summed E-state index contributed by atoms with van der Waals surface area (Å²) in [4.78, 5) is 36.9. The van der Waals surface area contributed by atoms with Gasteiger partial charge in [0.2, 0.25) is 0 Å². The Bertz CT molecular complexity index is 836. The zero-order chi connectivity index (χ0) is 19.9. The highest BCUT2D eigenvalue weighted by Gasteiger charge is 2.36. The Balaban J connectivity index is 1.61. The highest BCUT2D eigenvalue weighted by Crippen LogP contribution is 2.20. The van der Waals surface area contributed by atoms with Crippen LogP contribution in [0.4, 0.5) is 5.69 Å². The van der Waals surface area contributed by atoms with E-state index in [4.69, 9.17) is 0 Å². The van der Waals surface area contributed by atoms with Crippen molar-refractivity contribution in [3.05, 3.63) is 54.6 Å². The smallest absolute Gasteiger partial charge is 0.312 e. The molecular weight excluding hydrogens is 358 g/mol. The van der Waals surface area contributed by atoms with Crippen molar-refractivity contribution in [3.63, 3.8) is 0 Å². The molecule has 3 N–H and O–H groups in total. The molecule has 3 rings (SSSR count). The number of esters is 1. The van der Waals surface area contributed by atoms with Gasteiger partial charge in [0.1, 0.15) is 6.42 Å². The summed E-state index contributed by atoms with van der Waals surface area (Å²) in [5.41, 5.74) is 2.86. The maximum Gasteiger partial charge on any atom is 0.312 e. The number of methoxy groups -OCH3 is 1. The van der Waals surface area contributed by atoms with Crippen LogP contribution < -0.4 is 15.5 Å². The third kappa shape index (κ3) is 4.95. The van der Waals surface area contributed by atoms with Gasteiger partial charge in [-0.3, -0.25) is 14.4 Å². The van der Waals surface area contributed by atoms with Crippen LogP contribution in [0.3, 0.4) is 0 Å². The zero-order valence-corrected chi connectivity index (χ0v) is 15.7. The Labute approximate surface area is 163 Å².